The summed E-state index contributed by atoms with van der Waals surface area (Å²) in [5, 5.41) is 9.41. The summed E-state index contributed by atoms with van der Waals surface area (Å²) in [5.41, 5.74) is 1.88. The van der Waals surface area contributed by atoms with E-state index in [-0.39, 0.29) is 5.91 Å². The molecule has 1 aliphatic rings. The smallest absolute Gasteiger partial charge is 0.276 e. The zero-order valence-electron chi connectivity index (χ0n) is 13.9. The van der Waals surface area contributed by atoms with Crippen LogP contribution in [0.4, 0.5) is 5.13 Å². The fourth-order valence-corrected chi connectivity index (χ4v) is 3.18. The molecule has 0 atom stereocenters. The third-order valence-corrected chi connectivity index (χ3v) is 4.49. The van der Waals surface area contributed by atoms with Crippen molar-refractivity contribution in [3.63, 3.8) is 0 Å². The number of thiazole rings is 1. The number of nitrogens with one attached hydrogen (secondary N) is 1. The van der Waals surface area contributed by atoms with Gasteiger partial charge in [0.05, 0.1) is 11.9 Å². The number of amides is 1. The largest absolute Gasteiger partial charge is 0.340 e. The van der Waals surface area contributed by atoms with Crippen molar-refractivity contribution in [2.24, 2.45) is 4.99 Å². The third-order valence-electron chi connectivity index (χ3n) is 3.73. The zero-order valence-corrected chi connectivity index (χ0v) is 14.7. The summed E-state index contributed by atoms with van der Waals surface area (Å²) in [5.74, 6) is 0.297. The van der Waals surface area contributed by atoms with Crippen LogP contribution in [0.25, 0.3) is 11.4 Å². The minimum atomic E-state index is -0.296. The Morgan fingerprint density at radius 2 is 2.15 bits per heavy atom. The van der Waals surface area contributed by atoms with Crippen molar-refractivity contribution in [3.05, 3.63) is 60.0 Å². The minimum Gasteiger partial charge on any atom is -0.340 e. The van der Waals surface area contributed by atoms with E-state index in [1.165, 1.54) is 16.0 Å². The molecule has 26 heavy (non-hydrogen) atoms. The van der Waals surface area contributed by atoms with Crippen molar-refractivity contribution in [2.45, 2.75) is 0 Å². The Labute approximate surface area is 153 Å². The van der Waals surface area contributed by atoms with Crippen molar-refractivity contribution in [2.75, 3.05) is 18.9 Å². The van der Waals surface area contributed by atoms with E-state index in [0.29, 0.717) is 23.3 Å². The summed E-state index contributed by atoms with van der Waals surface area (Å²) in [6, 6.07) is 7.27. The highest BCUT2D eigenvalue weighted by atomic mass is 32.1. The van der Waals surface area contributed by atoms with Gasteiger partial charge in [0, 0.05) is 31.4 Å². The molecule has 0 fully saturated rings. The van der Waals surface area contributed by atoms with E-state index in [4.69, 9.17) is 0 Å². The van der Waals surface area contributed by atoms with Crippen LogP contribution in [0.1, 0.15) is 10.5 Å². The molecule has 4 rings (SSSR count). The van der Waals surface area contributed by atoms with E-state index < -0.39 is 0 Å². The summed E-state index contributed by atoms with van der Waals surface area (Å²) in [6.07, 6.45) is 6.92. The summed E-state index contributed by atoms with van der Waals surface area (Å²) in [6.45, 7) is 0.708. The van der Waals surface area contributed by atoms with E-state index in [0.717, 1.165) is 11.4 Å². The molecule has 130 valence electrons. The average molecular weight is 365 g/mol. The average Bonchev–Trinajstić information content (AvgIpc) is 3.32. The quantitative estimate of drug-likeness (QED) is 0.769. The van der Waals surface area contributed by atoms with Gasteiger partial charge in [-0.3, -0.25) is 15.1 Å². The molecule has 0 aromatic carbocycles. The zero-order chi connectivity index (χ0) is 17.9. The molecule has 0 aliphatic carbocycles. The van der Waals surface area contributed by atoms with Gasteiger partial charge >= 0.3 is 0 Å². The molecule has 3 aromatic rings. The van der Waals surface area contributed by atoms with Gasteiger partial charge < -0.3 is 4.90 Å². The van der Waals surface area contributed by atoms with Gasteiger partial charge in [0.25, 0.3) is 5.91 Å². The number of likely N-dealkylation sites (N-methyl/N-ethyl adjacent to an activating group) is 1. The Bertz CT molecular complexity index is 989. The lowest BCUT2D eigenvalue weighted by Gasteiger charge is -2.22. The van der Waals surface area contributed by atoms with Gasteiger partial charge in [0.15, 0.2) is 5.13 Å². The second-order valence-corrected chi connectivity index (χ2v) is 6.39. The summed E-state index contributed by atoms with van der Waals surface area (Å²) in [4.78, 5) is 27.6. The maximum atomic E-state index is 12.7. The number of aromatic nitrogens is 4. The van der Waals surface area contributed by atoms with E-state index >= 15 is 0 Å². The normalized spacial score (nSPS) is 13.6. The van der Waals surface area contributed by atoms with Gasteiger partial charge in [-0.1, -0.05) is 6.07 Å². The standard InChI is InChI=1S/C17H15N7OS/c1-23-10-4-8-19-17(23)24-14(6-9-20-24)15(25)22-16-21-13(11-26-16)12-5-2-3-7-18-12/h2-9,11H,10H2,1H3,(H,21,22,25). The van der Waals surface area contributed by atoms with Crippen LogP contribution in [0, 0.1) is 0 Å². The monoisotopic (exact) mass is 365 g/mol. The highest BCUT2D eigenvalue weighted by molar-refractivity contribution is 7.14. The molecule has 1 aliphatic heterocycles. The molecule has 0 saturated heterocycles. The molecule has 8 nitrogen and oxygen atoms in total. The first-order valence-corrected chi connectivity index (χ1v) is 8.77. The molecule has 4 heterocycles. The number of hydrogen-bond donors (Lipinski definition) is 1. The van der Waals surface area contributed by atoms with Crippen LogP contribution in [-0.4, -0.2) is 50.1 Å². The van der Waals surface area contributed by atoms with Crippen molar-refractivity contribution >= 4 is 28.3 Å². The molecular formula is C17H15N7OS. The fraction of sp³-hybridized carbons (Fsp3) is 0.118. The molecule has 1 amide bonds. The van der Waals surface area contributed by atoms with Gasteiger partial charge in [-0.2, -0.15) is 9.78 Å². The Balaban J connectivity index is 1.55. The lowest BCUT2D eigenvalue weighted by Crippen LogP contribution is -2.37. The van der Waals surface area contributed by atoms with Gasteiger partial charge in [-0.05, 0) is 24.3 Å². The van der Waals surface area contributed by atoms with Crippen molar-refractivity contribution < 1.29 is 4.79 Å². The van der Waals surface area contributed by atoms with E-state index in [2.05, 4.69) is 25.4 Å². The molecule has 9 heteroatoms. The van der Waals surface area contributed by atoms with Gasteiger partial charge in [-0.25, -0.2) is 9.98 Å². The number of carbonyl (C=O) groups is 1. The van der Waals surface area contributed by atoms with Crippen LogP contribution >= 0.6 is 11.3 Å². The topological polar surface area (TPSA) is 88.3 Å². The second kappa shape index (κ2) is 6.89. The molecule has 0 unspecified atom stereocenters. The van der Waals surface area contributed by atoms with Crippen molar-refractivity contribution in [1.29, 1.82) is 0 Å². The Kier molecular flexibility index (Phi) is 4.28. The van der Waals surface area contributed by atoms with Crippen LogP contribution in [-0.2, 0) is 0 Å². The second-order valence-electron chi connectivity index (χ2n) is 5.53. The van der Waals surface area contributed by atoms with Crippen molar-refractivity contribution in [1.82, 2.24) is 24.6 Å². The Hall–Kier alpha value is -3.33. The molecule has 1 N–H and O–H groups in total. The molecule has 3 aromatic heterocycles. The molecule has 0 saturated carbocycles. The number of nitrogens with zero attached hydrogens (tertiary/aromatic N) is 6. The number of aliphatic imine (C=N–C) groups is 1. The summed E-state index contributed by atoms with van der Waals surface area (Å²) in [7, 11) is 1.89. The van der Waals surface area contributed by atoms with Gasteiger partial charge in [0.1, 0.15) is 11.4 Å². The van der Waals surface area contributed by atoms with E-state index in [1.54, 1.807) is 24.7 Å². The molecule has 0 radical (unpaired) electrons. The van der Waals surface area contributed by atoms with E-state index in [1.807, 2.05) is 41.6 Å². The maximum absolute atomic E-state index is 12.7. The Morgan fingerprint density at radius 3 is 2.96 bits per heavy atom. The van der Waals surface area contributed by atoms with Crippen LogP contribution in [0.15, 0.2) is 59.3 Å². The number of pyridine rings is 1. The van der Waals surface area contributed by atoms with Crippen LogP contribution in [0.3, 0.4) is 0 Å². The highest BCUT2D eigenvalue weighted by Crippen LogP contribution is 2.23. The maximum Gasteiger partial charge on any atom is 0.276 e. The molecule has 0 bridgehead atoms. The molecule has 0 spiro atoms. The highest BCUT2D eigenvalue weighted by Gasteiger charge is 2.20. The lowest BCUT2D eigenvalue weighted by atomic mass is 10.3. The fourth-order valence-electron chi connectivity index (χ4n) is 2.48. The van der Waals surface area contributed by atoms with Gasteiger partial charge in [-0.15, -0.1) is 11.3 Å². The van der Waals surface area contributed by atoms with Crippen LogP contribution in [0.5, 0.6) is 0 Å². The lowest BCUT2D eigenvalue weighted by molar-refractivity contribution is 0.102. The Morgan fingerprint density at radius 1 is 1.23 bits per heavy atom. The van der Waals surface area contributed by atoms with Gasteiger partial charge in [0.2, 0.25) is 5.96 Å². The predicted molar refractivity (Wildman–Crippen MR) is 100 cm³/mol. The third kappa shape index (κ3) is 3.11. The number of anilines is 1. The molecular weight excluding hydrogens is 350 g/mol. The van der Waals surface area contributed by atoms with Crippen LogP contribution in [0.2, 0.25) is 0 Å². The SMILES string of the molecule is CN1CC=CN=C1n1nccc1C(=O)Nc1nc(-c2ccccn2)cs1. The predicted octanol–water partition coefficient (Wildman–Crippen LogP) is 2.32. The first-order chi connectivity index (χ1) is 12.7. The van der Waals surface area contributed by atoms with Crippen molar-refractivity contribution in [3.8, 4) is 11.4 Å². The van der Waals surface area contributed by atoms with Crippen LogP contribution < -0.4 is 5.32 Å². The summed E-state index contributed by atoms with van der Waals surface area (Å²) >= 11 is 1.35. The number of rotatable bonds is 3. The first kappa shape index (κ1) is 16.2. The minimum absolute atomic E-state index is 0.296. The number of carbonyl (C=O) groups excluding carboxylic acids is 1. The first-order valence-electron chi connectivity index (χ1n) is 7.89. The number of hydrogen-bond acceptors (Lipinski definition) is 7. The summed E-state index contributed by atoms with van der Waals surface area (Å²) < 4.78 is 1.52. The van der Waals surface area contributed by atoms with E-state index in [9.17, 15) is 4.79 Å².